The molecule has 0 bridgehead atoms. The smallest absolute Gasteiger partial charge is 0.0488 e. The van der Waals surface area contributed by atoms with Crippen molar-refractivity contribution < 1.29 is 0 Å². The molecule has 0 atom stereocenters. The average molecular weight is 701 g/mol. The first-order valence-corrected chi connectivity index (χ1v) is 19.1. The lowest BCUT2D eigenvalue weighted by atomic mass is 10.00. The van der Waals surface area contributed by atoms with E-state index in [0.29, 0.717) is 0 Å². The molecule has 0 aliphatic carbocycles. The van der Waals surface area contributed by atoms with Crippen LogP contribution in [-0.2, 0) is 0 Å². The van der Waals surface area contributed by atoms with E-state index in [4.69, 9.17) is 0 Å². The summed E-state index contributed by atoms with van der Waals surface area (Å²) in [7, 11) is 0. The lowest BCUT2D eigenvalue weighted by Gasteiger charge is -2.30. The van der Waals surface area contributed by atoms with Crippen molar-refractivity contribution >= 4 is 97.1 Å². The fourth-order valence-corrected chi connectivity index (χ4v) is 9.58. The minimum atomic E-state index is 1.09. The van der Waals surface area contributed by atoms with Crippen LogP contribution in [0.3, 0.4) is 0 Å². The van der Waals surface area contributed by atoms with Crippen LogP contribution in [0.4, 0.5) is 34.1 Å². The van der Waals surface area contributed by atoms with Gasteiger partial charge in [0.2, 0.25) is 0 Å². The van der Waals surface area contributed by atoms with Crippen molar-refractivity contribution in [1.29, 1.82) is 0 Å². The minimum Gasteiger partial charge on any atom is -0.310 e. The topological polar surface area (TPSA) is 6.48 Å². The molecule has 0 radical (unpaired) electrons. The van der Waals surface area contributed by atoms with Crippen molar-refractivity contribution in [3.05, 3.63) is 194 Å². The Bertz CT molecular complexity index is 2820. The molecule has 0 amide bonds. The molecule has 0 saturated carbocycles. The Labute approximate surface area is 310 Å². The van der Waals surface area contributed by atoms with Crippen LogP contribution in [0.2, 0.25) is 0 Å². The van der Waals surface area contributed by atoms with Crippen molar-refractivity contribution in [1.82, 2.24) is 0 Å². The molecule has 4 heteroatoms. The summed E-state index contributed by atoms with van der Waals surface area (Å²) in [5.41, 5.74) is 8.96. The summed E-state index contributed by atoms with van der Waals surface area (Å²) >= 11 is 3.71. The van der Waals surface area contributed by atoms with Crippen LogP contribution in [0.1, 0.15) is 0 Å². The summed E-state index contributed by atoms with van der Waals surface area (Å²) in [6, 6.07) is 70.5. The lowest BCUT2D eigenvalue weighted by Crippen LogP contribution is -2.13. The predicted octanol–water partition coefficient (Wildman–Crippen LogP) is 15.0. The van der Waals surface area contributed by atoms with Gasteiger partial charge in [0.1, 0.15) is 0 Å². The van der Waals surface area contributed by atoms with Crippen LogP contribution in [0, 0.1) is 0 Å². The highest BCUT2D eigenvalue weighted by Crippen LogP contribution is 2.45. The summed E-state index contributed by atoms with van der Waals surface area (Å²) in [5.74, 6) is 0. The Morgan fingerprint density at radius 3 is 1.21 bits per heavy atom. The number of benzene rings is 8. The molecule has 2 nitrogen and oxygen atoms in total. The third-order valence-electron chi connectivity index (χ3n) is 9.79. The largest absolute Gasteiger partial charge is 0.310 e. The quantitative estimate of drug-likeness (QED) is 0.163. The van der Waals surface area contributed by atoms with E-state index in [9.17, 15) is 0 Å². The summed E-state index contributed by atoms with van der Waals surface area (Å²) in [4.78, 5) is 4.77. The van der Waals surface area contributed by atoms with Gasteiger partial charge in [-0.3, -0.25) is 0 Å². The molecular formula is C48H32N2S2. The minimum absolute atomic E-state index is 1.09. The van der Waals surface area contributed by atoms with Crippen molar-refractivity contribution in [2.24, 2.45) is 0 Å². The van der Waals surface area contributed by atoms with Gasteiger partial charge in [-0.2, -0.15) is 0 Å². The van der Waals surface area contributed by atoms with Crippen LogP contribution < -0.4 is 9.80 Å². The van der Waals surface area contributed by atoms with E-state index in [0.717, 1.165) is 39.7 Å². The molecule has 10 aromatic rings. The van der Waals surface area contributed by atoms with Gasteiger partial charge >= 0.3 is 0 Å². The molecule has 0 spiro atoms. The van der Waals surface area contributed by atoms with Gasteiger partial charge in [-0.15, -0.1) is 22.7 Å². The zero-order valence-corrected chi connectivity index (χ0v) is 29.8. The summed E-state index contributed by atoms with van der Waals surface area (Å²) < 4.78 is 5.22. The molecule has 8 aromatic carbocycles. The Balaban J connectivity index is 1.24. The highest BCUT2D eigenvalue weighted by Gasteiger charge is 2.20. The number of thiophene rings is 2. The molecule has 0 aliphatic rings. The third-order valence-corrected chi connectivity index (χ3v) is 12.1. The SMILES string of the molecule is c1ccc(N(c2ccccc2)c2cc(-c3ccc4sc5ccccc5c4c3)cc(N(c3ccccc3)c3ccc4sc5ccccc5c4c3)c2)cc1. The van der Waals surface area contributed by atoms with Crippen molar-refractivity contribution in [3.8, 4) is 11.1 Å². The summed E-state index contributed by atoms with van der Waals surface area (Å²) in [5, 5.41) is 5.17. The highest BCUT2D eigenvalue weighted by atomic mass is 32.1. The number of para-hydroxylation sites is 3. The first-order chi connectivity index (χ1) is 25.8. The molecule has 0 fully saturated rings. The Morgan fingerprint density at radius 2 is 0.673 bits per heavy atom. The number of hydrogen-bond acceptors (Lipinski definition) is 4. The van der Waals surface area contributed by atoms with Crippen molar-refractivity contribution in [3.63, 3.8) is 0 Å². The second-order valence-corrected chi connectivity index (χ2v) is 15.2. The van der Waals surface area contributed by atoms with Crippen LogP contribution >= 0.6 is 22.7 Å². The van der Waals surface area contributed by atoms with Crippen molar-refractivity contribution in [2.45, 2.75) is 0 Å². The average Bonchev–Trinajstić information content (AvgIpc) is 3.77. The lowest BCUT2D eigenvalue weighted by molar-refractivity contribution is 1.25. The zero-order valence-electron chi connectivity index (χ0n) is 28.2. The molecule has 2 heterocycles. The van der Waals surface area contributed by atoms with Crippen LogP contribution in [0.15, 0.2) is 194 Å². The first kappa shape index (κ1) is 30.6. The second kappa shape index (κ2) is 12.8. The van der Waals surface area contributed by atoms with E-state index in [-0.39, 0.29) is 0 Å². The van der Waals surface area contributed by atoms with Crippen LogP contribution in [0.25, 0.3) is 51.5 Å². The van der Waals surface area contributed by atoms with Crippen molar-refractivity contribution in [2.75, 3.05) is 9.80 Å². The molecule has 0 saturated heterocycles. The number of anilines is 6. The molecular weight excluding hydrogens is 669 g/mol. The molecule has 2 aromatic heterocycles. The normalized spacial score (nSPS) is 11.5. The number of hydrogen-bond donors (Lipinski definition) is 0. The number of nitrogens with zero attached hydrogens (tertiary/aromatic N) is 2. The maximum Gasteiger partial charge on any atom is 0.0488 e. The van der Waals surface area contributed by atoms with Crippen LogP contribution in [-0.4, -0.2) is 0 Å². The van der Waals surface area contributed by atoms with Gasteiger partial charge in [-0.25, -0.2) is 0 Å². The van der Waals surface area contributed by atoms with Gasteiger partial charge in [0.05, 0.1) is 0 Å². The van der Waals surface area contributed by atoms with Gasteiger partial charge in [-0.05, 0) is 108 Å². The van der Waals surface area contributed by atoms with E-state index in [1.807, 2.05) is 22.7 Å². The molecule has 0 aliphatic heterocycles. The molecule has 0 N–H and O–H groups in total. The standard InChI is InChI=1S/C48H32N2S2/c1-4-14-35(15-5-1)49(36-16-6-2-7-17-36)39-28-34(33-24-26-47-43(30-33)41-20-10-12-22-45(41)51-47)29-40(31-39)50(37-18-8-3-9-19-37)38-25-27-48-44(32-38)42-21-11-13-23-46(42)52-48/h1-32H. The zero-order chi connectivity index (χ0) is 34.4. The molecule has 52 heavy (non-hydrogen) atoms. The van der Waals surface area contributed by atoms with Gasteiger partial charge in [0, 0.05) is 74.5 Å². The Morgan fingerprint density at radius 1 is 0.250 bits per heavy atom. The van der Waals surface area contributed by atoms with E-state index in [1.54, 1.807) is 0 Å². The molecule has 10 rings (SSSR count). The fraction of sp³-hybridized carbons (Fsp3) is 0. The maximum absolute atomic E-state index is 2.41. The van der Waals surface area contributed by atoms with E-state index >= 15 is 0 Å². The number of rotatable bonds is 7. The Hall–Kier alpha value is -6.20. The van der Waals surface area contributed by atoms with Gasteiger partial charge < -0.3 is 9.80 Å². The van der Waals surface area contributed by atoms with Gasteiger partial charge in [0.25, 0.3) is 0 Å². The first-order valence-electron chi connectivity index (χ1n) is 17.5. The molecule has 0 unspecified atom stereocenters. The number of fused-ring (bicyclic) bond motifs is 6. The van der Waals surface area contributed by atoms with Crippen LogP contribution in [0.5, 0.6) is 0 Å². The summed E-state index contributed by atoms with van der Waals surface area (Å²) in [6.07, 6.45) is 0. The molecule has 246 valence electrons. The second-order valence-electron chi connectivity index (χ2n) is 13.0. The van der Waals surface area contributed by atoms with E-state index in [2.05, 4.69) is 204 Å². The highest BCUT2D eigenvalue weighted by molar-refractivity contribution is 7.26. The van der Waals surface area contributed by atoms with E-state index < -0.39 is 0 Å². The van der Waals surface area contributed by atoms with Gasteiger partial charge in [-0.1, -0.05) is 97.1 Å². The third kappa shape index (κ3) is 5.41. The van der Waals surface area contributed by atoms with E-state index in [1.165, 1.54) is 45.9 Å². The Kier molecular flexibility index (Phi) is 7.56. The summed E-state index contributed by atoms with van der Waals surface area (Å²) in [6.45, 7) is 0. The van der Waals surface area contributed by atoms with Gasteiger partial charge in [0.15, 0.2) is 0 Å². The monoisotopic (exact) mass is 700 g/mol. The maximum atomic E-state index is 2.41. The fourth-order valence-electron chi connectivity index (χ4n) is 7.40. The predicted molar refractivity (Wildman–Crippen MR) is 227 cm³/mol.